The van der Waals surface area contributed by atoms with Gasteiger partial charge in [0.25, 0.3) is 5.91 Å². The van der Waals surface area contributed by atoms with E-state index < -0.39 is 0 Å². The molecule has 0 spiro atoms. The number of anilines is 1. The van der Waals surface area contributed by atoms with Crippen LogP contribution in [0.3, 0.4) is 0 Å². The number of benzene rings is 2. The molecule has 0 fully saturated rings. The fourth-order valence-electron chi connectivity index (χ4n) is 3.63. The molecule has 9 heteroatoms. The minimum Gasteiger partial charge on any atom is -0.495 e. The van der Waals surface area contributed by atoms with Gasteiger partial charge in [-0.05, 0) is 41.8 Å². The first-order valence-corrected chi connectivity index (χ1v) is 12.5. The van der Waals surface area contributed by atoms with Crippen LogP contribution in [0, 0.1) is 0 Å². The number of aromatic nitrogens is 1. The summed E-state index contributed by atoms with van der Waals surface area (Å²) in [5.74, 6) is 0.297. The van der Waals surface area contributed by atoms with Crippen molar-refractivity contribution in [1.82, 2.24) is 4.98 Å². The summed E-state index contributed by atoms with van der Waals surface area (Å²) >= 11 is 9.06. The Morgan fingerprint density at radius 3 is 2.85 bits per heavy atom. The summed E-state index contributed by atoms with van der Waals surface area (Å²) in [6.07, 6.45) is 3.47. The van der Waals surface area contributed by atoms with Crippen LogP contribution in [0.1, 0.15) is 15.2 Å². The Morgan fingerprint density at radius 1 is 1.24 bits per heavy atom. The number of thiophene rings is 1. The van der Waals surface area contributed by atoms with Gasteiger partial charge in [-0.2, -0.15) is 0 Å². The number of Topliss-reactive ketones (excluding diaryl/α,β-unsaturated/α-hetero) is 1. The molecular formula is C25H18ClN3O3S2. The summed E-state index contributed by atoms with van der Waals surface area (Å²) in [6, 6.07) is 16.6. The van der Waals surface area contributed by atoms with E-state index in [1.54, 1.807) is 30.5 Å². The normalized spacial score (nSPS) is 14.8. The Kier molecular flexibility index (Phi) is 6.28. The minimum atomic E-state index is -0.281. The van der Waals surface area contributed by atoms with Crippen molar-refractivity contribution in [3.05, 3.63) is 87.3 Å². The number of H-pyrrole nitrogens is 1. The van der Waals surface area contributed by atoms with E-state index in [1.807, 2.05) is 41.8 Å². The van der Waals surface area contributed by atoms with Crippen molar-refractivity contribution in [2.75, 3.05) is 17.8 Å². The SMILES string of the molecule is COc1ccc(N2C(=O)/C(=C/c3cccs3)N=C2SCC(=O)c2c[nH]c3ccccc23)cc1Cl. The molecule has 0 saturated carbocycles. The summed E-state index contributed by atoms with van der Waals surface area (Å²) in [4.78, 5) is 36.5. The number of nitrogens with one attached hydrogen (secondary N) is 1. The van der Waals surface area contributed by atoms with Crippen molar-refractivity contribution in [3.63, 3.8) is 0 Å². The molecule has 4 aromatic rings. The largest absolute Gasteiger partial charge is 0.495 e. The standard InChI is InChI=1S/C25H18ClN3O3S2/c1-32-23-9-8-15(11-19(23)26)29-24(31)21(12-16-5-4-10-33-16)28-25(29)34-14-22(30)18-13-27-20-7-3-2-6-17(18)20/h2-13,27H,14H2,1H3/b21-12-. The number of carbonyl (C=O) groups excluding carboxylic acids is 2. The van der Waals surface area contributed by atoms with E-state index in [1.165, 1.54) is 35.1 Å². The lowest BCUT2D eigenvalue weighted by Crippen LogP contribution is -2.30. The third kappa shape index (κ3) is 4.27. The van der Waals surface area contributed by atoms with Gasteiger partial charge in [0.05, 0.1) is 23.6 Å². The highest BCUT2D eigenvalue weighted by Gasteiger charge is 2.33. The maximum atomic E-state index is 13.3. The van der Waals surface area contributed by atoms with Gasteiger partial charge in [0.15, 0.2) is 11.0 Å². The third-order valence-corrected chi connectivity index (χ3v) is 7.32. The molecule has 0 unspecified atom stereocenters. The quantitative estimate of drug-likeness (QED) is 0.247. The van der Waals surface area contributed by atoms with E-state index in [4.69, 9.17) is 16.3 Å². The monoisotopic (exact) mass is 507 g/mol. The third-order valence-electron chi connectivity index (χ3n) is 5.27. The molecular weight excluding hydrogens is 490 g/mol. The van der Waals surface area contributed by atoms with Gasteiger partial charge in [0.2, 0.25) is 0 Å². The number of carbonyl (C=O) groups is 2. The molecule has 0 atom stereocenters. The van der Waals surface area contributed by atoms with E-state index in [-0.39, 0.29) is 17.4 Å². The van der Waals surface area contributed by atoms with Crippen molar-refractivity contribution in [2.45, 2.75) is 0 Å². The Bertz CT molecular complexity index is 1460. The zero-order chi connectivity index (χ0) is 23.7. The van der Waals surface area contributed by atoms with Crippen molar-refractivity contribution >= 4 is 74.2 Å². The number of nitrogens with zero attached hydrogens (tertiary/aromatic N) is 2. The zero-order valence-electron chi connectivity index (χ0n) is 17.9. The molecule has 6 nitrogen and oxygen atoms in total. The van der Waals surface area contributed by atoms with Crippen molar-refractivity contribution in [3.8, 4) is 5.75 Å². The number of methoxy groups -OCH3 is 1. The minimum absolute atomic E-state index is 0.0546. The highest BCUT2D eigenvalue weighted by atomic mass is 35.5. The number of hydrogen-bond donors (Lipinski definition) is 1. The van der Waals surface area contributed by atoms with Crippen LogP contribution in [-0.2, 0) is 4.79 Å². The Balaban J connectivity index is 1.45. The summed E-state index contributed by atoms with van der Waals surface area (Å²) in [6.45, 7) is 0. The van der Waals surface area contributed by atoms with Gasteiger partial charge in [-0.25, -0.2) is 4.99 Å². The van der Waals surface area contributed by atoms with E-state index in [0.29, 0.717) is 32.9 Å². The summed E-state index contributed by atoms with van der Waals surface area (Å²) < 4.78 is 5.23. The van der Waals surface area contributed by atoms with Crippen LogP contribution >= 0.6 is 34.7 Å². The number of fused-ring (bicyclic) bond motifs is 1. The number of hydrogen-bond acceptors (Lipinski definition) is 6. The fourth-order valence-corrected chi connectivity index (χ4v) is 5.43. The van der Waals surface area contributed by atoms with Crippen LogP contribution in [0.15, 0.2) is 76.9 Å². The van der Waals surface area contributed by atoms with Crippen molar-refractivity contribution < 1.29 is 14.3 Å². The van der Waals surface area contributed by atoms with Crippen LogP contribution in [0.25, 0.3) is 17.0 Å². The first-order chi connectivity index (χ1) is 16.5. The van der Waals surface area contributed by atoms with E-state index in [0.717, 1.165) is 15.8 Å². The second kappa shape index (κ2) is 9.50. The Hall–Kier alpha value is -3.33. The van der Waals surface area contributed by atoms with Gasteiger partial charge in [-0.3, -0.25) is 14.5 Å². The number of para-hydroxylation sites is 1. The number of thioether (sulfide) groups is 1. The summed E-state index contributed by atoms with van der Waals surface area (Å²) in [5.41, 5.74) is 2.37. The fraction of sp³-hybridized carbons (Fsp3) is 0.0800. The maximum Gasteiger partial charge on any atom is 0.283 e. The van der Waals surface area contributed by atoms with Crippen LogP contribution in [0.5, 0.6) is 5.75 Å². The second-order valence-electron chi connectivity index (χ2n) is 7.36. The molecule has 1 aliphatic rings. The van der Waals surface area contributed by atoms with Crippen LogP contribution < -0.4 is 9.64 Å². The van der Waals surface area contributed by atoms with Gasteiger partial charge in [-0.1, -0.05) is 47.6 Å². The average Bonchev–Trinajstić information content (AvgIpc) is 3.57. The molecule has 0 aliphatic carbocycles. The van der Waals surface area contributed by atoms with Gasteiger partial charge >= 0.3 is 0 Å². The maximum absolute atomic E-state index is 13.3. The average molecular weight is 508 g/mol. The molecule has 34 heavy (non-hydrogen) atoms. The molecule has 1 aliphatic heterocycles. The number of aliphatic imine (C=N–C) groups is 1. The highest BCUT2D eigenvalue weighted by molar-refractivity contribution is 8.14. The first-order valence-electron chi connectivity index (χ1n) is 10.3. The zero-order valence-corrected chi connectivity index (χ0v) is 20.3. The molecule has 170 valence electrons. The number of amidine groups is 1. The van der Waals surface area contributed by atoms with Gasteiger partial charge < -0.3 is 9.72 Å². The molecule has 5 rings (SSSR count). The van der Waals surface area contributed by atoms with Gasteiger partial charge in [0.1, 0.15) is 11.4 Å². The van der Waals surface area contributed by atoms with Crippen molar-refractivity contribution in [2.24, 2.45) is 4.99 Å². The topological polar surface area (TPSA) is 74.8 Å². The lowest BCUT2D eigenvalue weighted by Gasteiger charge is -2.18. The molecule has 2 aromatic heterocycles. The number of halogens is 1. The van der Waals surface area contributed by atoms with Gasteiger partial charge in [0, 0.05) is 27.5 Å². The highest BCUT2D eigenvalue weighted by Crippen LogP contribution is 2.35. The lowest BCUT2D eigenvalue weighted by atomic mass is 10.1. The van der Waals surface area contributed by atoms with Crippen molar-refractivity contribution in [1.29, 1.82) is 0 Å². The molecule has 2 aromatic carbocycles. The Morgan fingerprint density at radius 2 is 2.09 bits per heavy atom. The molecule has 0 saturated heterocycles. The summed E-state index contributed by atoms with van der Waals surface area (Å²) in [7, 11) is 1.53. The van der Waals surface area contributed by atoms with Crippen LogP contribution in [0.4, 0.5) is 5.69 Å². The first kappa shape index (κ1) is 22.5. The van der Waals surface area contributed by atoms with Crippen LogP contribution in [0.2, 0.25) is 5.02 Å². The molecule has 0 bridgehead atoms. The predicted octanol–water partition coefficient (Wildman–Crippen LogP) is 6.25. The second-order valence-corrected chi connectivity index (χ2v) is 9.69. The molecule has 0 radical (unpaired) electrons. The lowest BCUT2D eigenvalue weighted by molar-refractivity contribution is -0.113. The smallest absolute Gasteiger partial charge is 0.283 e. The number of ether oxygens (including phenoxy) is 1. The number of rotatable bonds is 6. The summed E-state index contributed by atoms with van der Waals surface area (Å²) in [5, 5.41) is 3.60. The number of ketones is 1. The Labute approximate surface area is 208 Å². The van der Waals surface area contributed by atoms with E-state index in [9.17, 15) is 9.59 Å². The molecule has 1 N–H and O–H groups in total. The number of aromatic amines is 1. The van der Waals surface area contributed by atoms with E-state index >= 15 is 0 Å². The van der Waals surface area contributed by atoms with Gasteiger partial charge in [-0.15, -0.1) is 11.3 Å². The van der Waals surface area contributed by atoms with E-state index in [2.05, 4.69) is 9.98 Å². The number of amides is 1. The predicted molar refractivity (Wildman–Crippen MR) is 140 cm³/mol. The van der Waals surface area contributed by atoms with Crippen LogP contribution in [-0.4, -0.2) is 34.7 Å². The molecule has 3 heterocycles. The molecule has 1 amide bonds.